The molecule has 3 rings (SSSR count). The van der Waals surface area contributed by atoms with Crippen LogP contribution in [0.3, 0.4) is 0 Å². The molecule has 0 unspecified atom stereocenters. The number of rotatable bonds is 0. The zero-order chi connectivity index (χ0) is 14.0. The smallest absolute Gasteiger partial charge is 0.261 e. The van der Waals surface area contributed by atoms with Crippen LogP contribution in [0.15, 0.2) is 36.4 Å². The second-order valence-corrected chi connectivity index (χ2v) is 4.38. The Morgan fingerprint density at radius 1 is 0.895 bits per heavy atom. The third-order valence-electron chi connectivity index (χ3n) is 2.97. The van der Waals surface area contributed by atoms with Gasteiger partial charge in [0, 0.05) is 23.6 Å². The van der Waals surface area contributed by atoms with Crippen molar-refractivity contribution in [3.05, 3.63) is 47.5 Å². The fourth-order valence-electron chi connectivity index (χ4n) is 2.15. The van der Waals surface area contributed by atoms with E-state index in [2.05, 4.69) is 5.32 Å². The highest BCUT2D eigenvalue weighted by Crippen LogP contribution is 2.28. The van der Waals surface area contributed by atoms with Crippen molar-refractivity contribution in [1.29, 1.82) is 0 Å². The van der Waals surface area contributed by atoms with Crippen LogP contribution in [0.2, 0.25) is 0 Å². The zero-order valence-corrected chi connectivity index (χ0v) is 11.2. The quantitative estimate of drug-likeness (QED) is 0.732. The predicted molar refractivity (Wildman–Crippen MR) is 75.4 cm³/mol. The fourth-order valence-corrected chi connectivity index (χ4v) is 2.15. The molecule has 0 aliphatic carbocycles. The average molecular weight is 256 g/mol. The van der Waals surface area contributed by atoms with E-state index in [-0.39, 0.29) is 11.8 Å². The monoisotopic (exact) mass is 256 g/mol. The number of benzene rings is 2. The van der Waals surface area contributed by atoms with Gasteiger partial charge in [-0.3, -0.25) is 14.5 Å². The number of amides is 2. The first kappa shape index (κ1) is 13.2. The molecule has 0 bridgehead atoms. The number of nitrogens with zero attached hydrogens (tertiary/aromatic N) is 1. The second-order valence-electron chi connectivity index (χ2n) is 4.38. The summed E-state index contributed by atoms with van der Waals surface area (Å²) in [5.41, 5.74) is 1.21. The minimum absolute atomic E-state index is 0.227. The van der Waals surface area contributed by atoms with E-state index in [9.17, 15) is 9.59 Å². The number of carbonyl (C=O) groups excluding carboxylic acids is 2. The van der Waals surface area contributed by atoms with Crippen molar-refractivity contribution in [3.8, 4) is 0 Å². The SMILES string of the molecule is CN1C(=O)c2cccc3cccc(c23)C1=O.CNC. The van der Waals surface area contributed by atoms with Crippen LogP contribution in [0, 0.1) is 0 Å². The van der Waals surface area contributed by atoms with Crippen molar-refractivity contribution >= 4 is 22.6 Å². The van der Waals surface area contributed by atoms with Crippen molar-refractivity contribution in [2.24, 2.45) is 0 Å². The van der Waals surface area contributed by atoms with E-state index in [1.807, 2.05) is 38.4 Å². The first-order valence-corrected chi connectivity index (χ1v) is 6.04. The molecular weight excluding hydrogens is 240 g/mol. The molecule has 0 radical (unpaired) electrons. The lowest BCUT2D eigenvalue weighted by molar-refractivity contribution is 0.0650. The summed E-state index contributed by atoms with van der Waals surface area (Å²) in [7, 11) is 5.26. The van der Waals surface area contributed by atoms with Gasteiger partial charge in [0.1, 0.15) is 0 Å². The van der Waals surface area contributed by atoms with Crippen LogP contribution in [0.1, 0.15) is 20.7 Å². The van der Waals surface area contributed by atoms with Crippen molar-refractivity contribution in [2.45, 2.75) is 0 Å². The van der Waals surface area contributed by atoms with Gasteiger partial charge in [-0.15, -0.1) is 0 Å². The van der Waals surface area contributed by atoms with Gasteiger partial charge in [-0.25, -0.2) is 0 Å². The second kappa shape index (κ2) is 5.20. The molecule has 0 saturated heterocycles. The molecule has 0 atom stereocenters. The van der Waals surface area contributed by atoms with Crippen LogP contribution in [0.5, 0.6) is 0 Å². The molecule has 0 spiro atoms. The van der Waals surface area contributed by atoms with Crippen LogP contribution in [0.4, 0.5) is 0 Å². The Kier molecular flexibility index (Phi) is 3.62. The molecule has 98 valence electrons. The van der Waals surface area contributed by atoms with E-state index in [0.717, 1.165) is 15.7 Å². The maximum Gasteiger partial charge on any atom is 0.261 e. The Labute approximate surface area is 112 Å². The largest absolute Gasteiger partial charge is 0.323 e. The van der Waals surface area contributed by atoms with E-state index in [1.165, 1.54) is 7.05 Å². The summed E-state index contributed by atoms with van der Waals surface area (Å²) in [6.45, 7) is 0. The molecule has 1 aliphatic rings. The Hall–Kier alpha value is -2.20. The van der Waals surface area contributed by atoms with E-state index in [0.29, 0.717) is 11.1 Å². The first-order valence-electron chi connectivity index (χ1n) is 6.04. The summed E-state index contributed by atoms with van der Waals surface area (Å²) in [6, 6.07) is 11.0. The standard InChI is InChI=1S/C13H9NO2.C2H7N/c1-14-12(15)9-6-2-4-8-5-3-7-10(11(8)9)13(14)16;1-3-2/h2-7H,1H3;3H,1-2H3. The summed E-state index contributed by atoms with van der Waals surface area (Å²) in [5.74, 6) is -0.455. The normalized spacial score (nSPS) is 13.3. The minimum atomic E-state index is -0.228. The lowest BCUT2D eigenvalue weighted by Crippen LogP contribution is -2.36. The molecule has 1 heterocycles. The minimum Gasteiger partial charge on any atom is -0.323 e. The van der Waals surface area contributed by atoms with Gasteiger partial charge in [0.2, 0.25) is 0 Å². The van der Waals surface area contributed by atoms with Crippen LogP contribution in [-0.2, 0) is 0 Å². The number of hydrogen-bond acceptors (Lipinski definition) is 3. The van der Waals surface area contributed by atoms with Gasteiger partial charge in [-0.1, -0.05) is 24.3 Å². The van der Waals surface area contributed by atoms with Gasteiger partial charge in [0.15, 0.2) is 0 Å². The van der Waals surface area contributed by atoms with Crippen LogP contribution < -0.4 is 5.32 Å². The molecule has 0 saturated carbocycles. The Bertz CT molecular complexity index is 599. The van der Waals surface area contributed by atoms with Gasteiger partial charge in [0.25, 0.3) is 11.8 Å². The van der Waals surface area contributed by atoms with Gasteiger partial charge in [0.05, 0.1) is 0 Å². The predicted octanol–water partition coefficient (Wildman–Crippen LogP) is 1.90. The van der Waals surface area contributed by atoms with E-state index in [4.69, 9.17) is 0 Å². The molecule has 2 amide bonds. The van der Waals surface area contributed by atoms with E-state index in [1.54, 1.807) is 12.1 Å². The highest BCUT2D eigenvalue weighted by atomic mass is 16.2. The summed E-state index contributed by atoms with van der Waals surface area (Å²) in [4.78, 5) is 25.0. The van der Waals surface area contributed by atoms with Crippen molar-refractivity contribution < 1.29 is 9.59 Å². The Morgan fingerprint density at radius 3 is 1.74 bits per heavy atom. The molecule has 4 nitrogen and oxygen atoms in total. The summed E-state index contributed by atoms with van der Waals surface area (Å²) in [5, 5.41) is 4.46. The van der Waals surface area contributed by atoms with Gasteiger partial charge >= 0.3 is 0 Å². The highest BCUT2D eigenvalue weighted by molar-refractivity contribution is 6.25. The topological polar surface area (TPSA) is 49.4 Å². The third-order valence-corrected chi connectivity index (χ3v) is 2.97. The number of nitrogens with one attached hydrogen (secondary N) is 1. The van der Waals surface area contributed by atoms with Crippen molar-refractivity contribution in [1.82, 2.24) is 10.2 Å². The Balaban J connectivity index is 0.000000408. The van der Waals surface area contributed by atoms with Crippen molar-refractivity contribution in [3.63, 3.8) is 0 Å². The third kappa shape index (κ3) is 2.11. The van der Waals surface area contributed by atoms with Gasteiger partial charge in [-0.05, 0) is 31.6 Å². The Morgan fingerprint density at radius 2 is 1.32 bits per heavy atom. The number of hydrogen-bond donors (Lipinski definition) is 1. The number of imide groups is 1. The average Bonchev–Trinajstić information content (AvgIpc) is 2.43. The lowest BCUT2D eigenvalue weighted by atomic mass is 9.94. The van der Waals surface area contributed by atoms with Crippen LogP contribution >= 0.6 is 0 Å². The molecule has 19 heavy (non-hydrogen) atoms. The fraction of sp³-hybridized carbons (Fsp3) is 0.200. The summed E-state index contributed by atoms with van der Waals surface area (Å²) >= 11 is 0. The molecule has 2 aromatic carbocycles. The molecule has 1 aliphatic heterocycles. The molecule has 0 aromatic heterocycles. The van der Waals surface area contributed by atoms with Crippen molar-refractivity contribution in [2.75, 3.05) is 21.1 Å². The molecular formula is C15H16N2O2. The first-order chi connectivity index (χ1) is 9.11. The molecule has 4 heteroatoms. The zero-order valence-electron chi connectivity index (χ0n) is 11.2. The van der Waals surface area contributed by atoms with E-state index < -0.39 is 0 Å². The van der Waals surface area contributed by atoms with Gasteiger partial charge < -0.3 is 5.32 Å². The maximum absolute atomic E-state index is 11.9. The van der Waals surface area contributed by atoms with Crippen LogP contribution in [0.25, 0.3) is 10.8 Å². The maximum atomic E-state index is 11.9. The van der Waals surface area contributed by atoms with E-state index >= 15 is 0 Å². The lowest BCUT2D eigenvalue weighted by Gasteiger charge is -2.23. The van der Waals surface area contributed by atoms with Gasteiger partial charge in [-0.2, -0.15) is 0 Å². The molecule has 2 aromatic rings. The van der Waals surface area contributed by atoms with Crippen LogP contribution in [-0.4, -0.2) is 37.9 Å². The molecule has 0 fully saturated rings. The summed E-state index contributed by atoms with van der Waals surface area (Å²) < 4.78 is 0. The number of carbonyl (C=O) groups is 2. The molecule has 1 N–H and O–H groups in total. The summed E-state index contributed by atoms with van der Waals surface area (Å²) in [6.07, 6.45) is 0. The highest BCUT2D eigenvalue weighted by Gasteiger charge is 2.29.